The summed E-state index contributed by atoms with van der Waals surface area (Å²) in [5, 5.41) is 18.7. The molecule has 0 rings (SSSR count). The summed E-state index contributed by atoms with van der Waals surface area (Å²) < 4.78 is 26.7. The van der Waals surface area contributed by atoms with E-state index in [1.165, 1.54) is 44.9 Å². The Morgan fingerprint density at radius 1 is 0.613 bits per heavy atom. The Balaban J connectivity index is 3.26. The molecule has 2 unspecified atom stereocenters. The van der Waals surface area contributed by atoms with E-state index in [0.29, 0.717) is 66.1 Å². The average Bonchev–Trinajstić information content (AvgIpc) is 2.77. The van der Waals surface area contributed by atoms with Crippen LogP contribution in [0.4, 0.5) is 0 Å². The fraction of sp³-hybridized carbons (Fsp3) is 1.00. The minimum absolute atomic E-state index is 0.0298. The molecule has 0 aliphatic rings. The molecule has 0 aliphatic carbocycles. The number of hydrogen-bond donors (Lipinski definition) is 3. The first-order chi connectivity index (χ1) is 15.2. The van der Waals surface area contributed by atoms with E-state index in [2.05, 4.69) is 19.6 Å². The minimum atomic E-state index is -0.537. The average molecular weight is 469 g/mol. The highest BCUT2D eigenvalue weighted by atomic mass is 32.1. The zero-order valence-corrected chi connectivity index (χ0v) is 20.6. The Morgan fingerprint density at radius 3 is 1.52 bits per heavy atom. The van der Waals surface area contributed by atoms with Gasteiger partial charge in [0.2, 0.25) is 0 Å². The predicted molar refractivity (Wildman–Crippen MR) is 127 cm³/mol. The molecule has 0 saturated carbocycles. The lowest BCUT2D eigenvalue weighted by Crippen LogP contribution is -2.27. The molecule has 0 aliphatic heterocycles. The number of ether oxygens (including phenoxy) is 5. The standard InChI is InChI=1S/C23H48O7S/c1-2-3-4-5-6-7-8-9-10-23(31)22(25)21-30-20-19-29-18-17-28-16-15-27-14-13-26-12-11-24/h22-25,31H,2-21H2,1H3. The molecule has 0 saturated heterocycles. The van der Waals surface area contributed by atoms with Crippen LogP contribution in [0.25, 0.3) is 0 Å². The van der Waals surface area contributed by atoms with Crippen molar-refractivity contribution in [2.24, 2.45) is 0 Å². The van der Waals surface area contributed by atoms with Crippen LogP contribution in [0.1, 0.15) is 64.7 Å². The van der Waals surface area contributed by atoms with Crippen molar-refractivity contribution in [3.8, 4) is 0 Å². The van der Waals surface area contributed by atoms with Gasteiger partial charge < -0.3 is 33.9 Å². The van der Waals surface area contributed by atoms with E-state index < -0.39 is 6.10 Å². The zero-order chi connectivity index (χ0) is 22.8. The van der Waals surface area contributed by atoms with Crippen molar-refractivity contribution in [1.29, 1.82) is 0 Å². The summed E-state index contributed by atoms with van der Waals surface area (Å²) in [7, 11) is 0. The fourth-order valence-electron chi connectivity index (χ4n) is 2.94. The van der Waals surface area contributed by atoms with Gasteiger partial charge >= 0.3 is 0 Å². The molecule has 0 aromatic heterocycles. The molecule has 0 aromatic rings. The lowest BCUT2D eigenvalue weighted by molar-refractivity contribution is -0.0222. The lowest BCUT2D eigenvalue weighted by atomic mass is 10.0. The van der Waals surface area contributed by atoms with E-state index >= 15 is 0 Å². The SMILES string of the molecule is CCCCCCCCCCC(S)C(O)COCCOCCOCCOCCOCCO. The van der Waals surface area contributed by atoms with E-state index in [0.717, 1.165) is 12.8 Å². The molecular formula is C23H48O7S. The summed E-state index contributed by atoms with van der Waals surface area (Å²) in [6.45, 7) is 6.83. The van der Waals surface area contributed by atoms with Crippen LogP contribution in [0.2, 0.25) is 0 Å². The van der Waals surface area contributed by atoms with E-state index in [4.69, 9.17) is 28.8 Å². The first-order valence-corrected chi connectivity index (χ1v) is 12.6. The van der Waals surface area contributed by atoms with Gasteiger partial charge in [-0.2, -0.15) is 12.6 Å². The summed E-state index contributed by atoms with van der Waals surface area (Å²) in [6.07, 6.45) is 10.7. The second-order valence-electron chi connectivity index (χ2n) is 7.65. The van der Waals surface area contributed by atoms with Crippen molar-refractivity contribution < 1.29 is 33.9 Å². The molecular weight excluding hydrogens is 420 g/mol. The van der Waals surface area contributed by atoms with Gasteiger partial charge in [0.15, 0.2) is 0 Å². The second-order valence-corrected chi connectivity index (χ2v) is 8.31. The second kappa shape index (κ2) is 26.3. The van der Waals surface area contributed by atoms with Crippen LogP contribution < -0.4 is 0 Å². The van der Waals surface area contributed by atoms with Crippen LogP contribution in [-0.4, -0.2) is 94.2 Å². The third kappa shape index (κ3) is 24.5. The molecule has 0 bridgehead atoms. The van der Waals surface area contributed by atoms with Crippen LogP contribution in [0, 0.1) is 0 Å². The Labute approximate surface area is 195 Å². The highest BCUT2D eigenvalue weighted by molar-refractivity contribution is 7.81. The van der Waals surface area contributed by atoms with E-state index in [1.807, 2.05) is 0 Å². The van der Waals surface area contributed by atoms with E-state index in [9.17, 15) is 5.11 Å². The molecule has 8 heteroatoms. The number of aliphatic hydroxyl groups excluding tert-OH is 2. The van der Waals surface area contributed by atoms with Gasteiger partial charge in [0.1, 0.15) is 0 Å². The van der Waals surface area contributed by atoms with Crippen molar-refractivity contribution in [1.82, 2.24) is 0 Å². The summed E-state index contributed by atoms with van der Waals surface area (Å²) in [5.74, 6) is 0. The van der Waals surface area contributed by atoms with Crippen LogP contribution >= 0.6 is 12.6 Å². The summed E-state index contributed by atoms with van der Waals surface area (Å²) >= 11 is 4.52. The Hall–Kier alpha value is 0.0700. The van der Waals surface area contributed by atoms with Gasteiger partial charge in [0, 0.05) is 5.25 Å². The smallest absolute Gasteiger partial charge is 0.0889 e. The van der Waals surface area contributed by atoms with Crippen LogP contribution in [-0.2, 0) is 23.7 Å². The topological polar surface area (TPSA) is 86.6 Å². The molecule has 31 heavy (non-hydrogen) atoms. The monoisotopic (exact) mass is 468 g/mol. The maximum absolute atomic E-state index is 10.1. The fourth-order valence-corrected chi connectivity index (χ4v) is 3.21. The van der Waals surface area contributed by atoms with Crippen LogP contribution in [0.15, 0.2) is 0 Å². The number of hydrogen-bond acceptors (Lipinski definition) is 8. The molecule has 0 fully saturated rings. The van der Waals surface area contributed by atoms with E-state index in [1.54, 1.807) is 0 Å². The first kappa shape index (κ1) is 31.1. The van der Waals surface area contributed by atoms with Crippen molar-refractivity contribution in [2.75, 3.05) is 72.7 Å². The summed E-state index contributed by atoms with van der Waals surface area (Å²) in [4.78, 5) is 0. The highest BCUT2D eigenvalue weighted by Gasteiger charge is 2.14. The predicted octanol–water partition coefficient (Wildman–Crippen LogP) is 3.25. The lowest BCUT2D eigenvalue weighted by Gasteiger charge is -2.18. The first-order valence-electron chi connectivity index (χ1n) is 12.1. The third-order valence-electron chi connectivity index (χ3n) is 4.81. The van der Waals surface area contributed by atoms with Gasteiger partial charge in [-0.25, -0.2) is 0 Å². The molecule has 0 amide bonds. The zero-order valence-electron chi connectivity index (χ0n) is 19.7. The molecule has 0 radical (unpaired) electrons. The number of aliphatic hydroxyl groups is 2. The maximum Gasteiger partial charge on any atom is 0.0889 e. The number of rotatable bonds is 26. The molecule has 188 valence electrons. The van der Waals surface area contributed by atoms with Crippen LogP contribution in [0.3, 0.4) is 0 Å². The summed E-state index contributed by atoms with van der Waals surface area (Å²) in [5.41, 5.74) is 0. The van der Waals surface area contributed by atoms with Gasteiger partial charge in [-0.1, -0.05) is 58.3 Å². The van der Waals surface area contributed by atoms with Crippen molar-refractivity contribution in [3.05, 3.63) is 0 Å². The van der Waals surface area contributed by atoms with Crippen molar-refractivity contribution >= 4 is 12.6 Å². The van der Waals surface area contributed by atoms with Gasteiger partial charge in [0.05, 0.1) is 78.8 Å². The minimum Gasteiger partial charge on any atom is -0.394 e. The van der Waals surface area contributed by atoms with Crippen LogP contribution in [0.5, 0.6) is 0 Å². The van der Waals surface area contributed by atoms with E-state index in [-0.39, 0.29) is 11.9 Å². The quantitative estimate of drug-likeness (QED) is 0.133. The molecule has 0 heterocycles. The molecule has 2 N–H and O–H groups in total. The number of thiol groups is 1. The third-order valence-corrected chi connectivity index (χ3v) is 5.41. The van der Waals surface area contributed by atoms with Crippen molar-refractivity contribution in [2.45, 2.75) is 76.1 Å². The number of unbranched alkanes of at least 4 members (excludes halogenated alkanes) is 7. The Kier molecular flexibility index (Phi) is 26.4. The highest BCUT2D eigenvalue weighted by Crippen LogP contribution is 2.15. The van der Waals surface area contributed by atoms with Gasteiger partial charge in [0.25, 0.3) is 0 Å². The summed E-state index contributed by atoms with van der Waals surface area (Å²) in [6, 6.07) is 0. The Morgan fingerprint density at radius 2 is 1.03 bits per heavy atom. The normalized spacial score (nSPS) is 13.5. The molecule has 2 atom stereocenters. The van der Waals surface area contributed by atoms with Gasteiger partial charge in [-0.05, 0) is 6.42 Å². The largest absolute Gasteiger partial charge is 0.394 e. The van der Waals surface area contributed by atoms with Gasteiger partial charge in [-0.3, -0.25) is 0 Å². The Bertz CT molecular complexity index is 337. The maximum atomic E-state index is 10.1. The molecule has 7 nitrogen and oxygen atoms in total. The van der Waals surface area contributed by atoms with Gasteiger partial charge in [-0.15, -0.1) is 0 Å². The molecule has 0 aromatic carbocycles. The van der Waals surface area contributed by atoms with Crippen molar-refractivity contribution in [3.63, 3.8) is 0 Å². The molecule has 0 spiro atoms.